The molecule has 3 heterocycles. The Morgan fingerprint density at radius 3 is 2.56 bits per heavy atom. The molecular weight excluding hydrogens is 366 g/mol. The number of aromatic nitrogens is 3. The third-order valence-corrected chi connectivity index (χ3v) is 6.23. The topological polar surface area (TPSA) is 96.8 Å². The van der Waals surface area contributed by atoms with Crippen LogP contribution in [0.25, 0.3) is 4.96 Å². The molecule has 1 saturated heterocycles. The van der Waals surface area contributed by atoms with E-state index in [0.29, 0.717) is 16.7 Å². The van der Waals surface area contributed by atoms with Crippen LogP contribution >= 0.6 is 11.3 Å². The van der Waals surface area contributed by atoms with Crippen LogP contribution in [-0.4, -0.2) is 42.6 Å². The molecule has 1 N–H and O–H groups in total. The van der Waals surface area contributed by atoms with Gasteiger partial charge in [0, 0.05) is 12.1 Å². The SMILES string of the molecule is Cc1nc2sc([C@H](c3ccc([N+](=O)[O-])cc3)N3CCC(C)CC3)c(O)n2n1. The first-order chi connectivity index (χ1) is 12.9. The molecule has 142 valence electrons. The summed E-state index contributed by atoms with van der Waals surface area (Å²) in [4.78, 5) is 18.7. The highest BCUT2D eigenvalue weighted by Crippen LogP contribution is 2.41. The standard InChI is InChI=1S/C18H21N5O3S/c1-11-7-9-21(10-8-11)15(13-3-5-14(6-4-13)23(25)26)16-17(24)22-18(27-16)19-12(2)20-22/h3-6,11,15,24H,7-10H2,1-2H3/t15-/m0/s1. The molecule has 8 nitrogen and oxygen atoms in total. The molecule has 4 rings (SSSR count). The monoisotopic (exact) mass is 387 g/mol. The maximum atomic E-state index is 11.0. The van der Waals surface area contributed by atoms with Crippen molar-refractivity contribution in [2.75, 3.05) is 13.1 Å². The number of aromatic hydroxyl groups is 1. The molecule has 9 heteroatoms. The average molecular weight is 387 g/mol. The fourth-order valence-corrected chi connectivity index (χ4v) is 4.78. The van der Waals surface area contributed by atoms with Gasteiger partial charge in [-0.1, -0.05) is 30.4 Å². The van der Waals surface area contributed by atoms with Crippen LogP contribution in [0.3, 0.4) is 0 Å². The van der Waals surface area contributed by atoms with E-state index in [1.54, 1.807) is 19.1 Å². The number of hydrogen-bond acceptors (Lipinski definition) is 7. The second-order valence-corrected chi connectivity index (χ2v) is 8.12. The molecule has 0 spiro atoms. The largest absolute Gasteiger partial charge is 0.492 e. The van der Waals surface area contributed by atoms with Gasteiger partial charge >= 0.3 is 0 Å². The molecule has 0 bridgehead atoms. The van der Waals surface area contributed by atoms with Gasteiger partial charge in [-0.05, 0) is 44.3 Å². The van der Waals surface area contributed by atoms with E-state index in [2.05, 4.69) is 21.9 Å². The predicted molar refractivity (Wildman–Crippen MR) is 102 cm³/mol. The molecule has 0 saturated carbocycles. The Bertz CT molecular complexity index is 973. The van der Waals surface area contributed by atoms with E-state index in [4.69, 9.17) is 0 Å². The number of piperidine rings is 1. The minimum Gasteiger partial charge on any atom is -0.492 e. The molecule has 1 aliphatic rings. The molecule has 0 unspecified atom stereocenters. The Kier molecular flexibility index (Phi) is 4.56. The van der Waals surface area contributed by atoms with Gasteiger partial charge in [0.25, 0.3) is 5.69 Å². The van der Waals surface area contributed by atoms with Crippen molar-refractivity contribution in [1.82, 2.24) is 19.5 Å². The van der Waals surface area contributed by atoms with Crippen LogP contribution in [0.5, 0.6) is 5.88 Å². The summed E-state index contributed by atoms with van der Waals surface area (Å²) in [6.45, 7) is 5.87. The lowest BCUT2D eigenvalue weighted by Crippen LogP contribution is -2.36. The lowest BCUT2D eigenvalue weighted by atomic mass is 9.95. The highest BCUT2D eigenvalue weighted by atomic mass is 32.1. The van der Waals surface area contributed by atoms with Gasteiger partial charge < -0.3 is 5.11 Å². The summed E-state index contributed by atoms with van der Waals surface area (Å²) in [5, 5.41) is 26.1. The van der Waals surface area contributed by atoms with Gasteiger partial charge in [-0.15, -0.1) is 5.10 Å². The van der Waals surface area contributed by atoms with Crippen LogP contribution in [0.1, 0.15) is 42.1 Å². The number of non-ortho nitro benzene ring substituents is 1. The van der Waals surface area contributed by atoms with Gasteiger partial charge in [0.1, 0.15) is 5.82 Å². The summed E-state index contributed by atoms with van der Waals surface area (Å²) < 4.78 is 1.47. The van der Waals surface area contributed by atoms with Crippen LogP contribution < -0.4 is 0 Å². The Balaban J connectivity index is 1.78. The summed E-state index contributed by atoms with van der Waals surface area (Å²) in [7, 11) is 0. The highest BCUT2D eigenvalue weighted by molar-refractivity contribution is 7.17. The van der Waals surface area contributed by atoms with E-state index in [-0.39, 0.29) is 17.6 Å². The molecule has 1 atom stereocenters. The van der Waals surface area contributed by atoms with Crippen LogP contribution in [0.15, 0.2) is 24.3 Å². The third-order valence-electron chi connectivity index (χ3n) is 5.16. The molecule has 2 aromatic heterocycles. The quantitative estimate of drug-likeness (QED) is 0.543. The van der Waals surface area contributed by atoms with Crippen LogP contribution in [0, 0.1) is 23.0 Å². The smallest absolute Gasteiger partial charge is 0.269 e. The number of hydrogen-bond donors (Lipinski definition) is 1. The van der Waals surface area contributed by atoms with Crippen molar-refractivity contribution in [3.63, 3.8) is 0 Å². The first-order valence-electron chi connectivity index (χ1n) is 8.97. The lowest BCUT2D eigenvalue weighted by Gasteiger charge is -2.36. The molecule has 0 amide bonds. The highest BCUT2D eigenvalue weighted by Gasteiger charge is 2.31. The van der Waals surface area contributed by atoms with E-state index in [1.165, 1.54) is 28.0 Å². The first kappa shape index (κ1) is 17.9. The zero-order valence-electron chi connectivity index (χ0n) is 15.2. The van der Waals surface area contributed by atoms with E-state index in [0.717, 1.165) is 36.4 Å². The minimum atomic E-state index is -0.398. The summed E-state index contributed by atoms with van der Waals surface area (Å²) in [6.07, 6.45) is 2.17. The molecule has 0 aliphatic carbocycles. The molecule has 1 aromatic carbocycles. The van der Waals surface area contributed by atoms with Crippen molar-refractivity contribution in [3.8, 4) is 5.88 Å². The zero-order valence-corrected chi connectivity index (χ0v) is 16.0. The molecule has 1 fully saturated rings. The molecule has 3 aromatic rings. The maximum Gasteiger partial charge on any atom is 0.269 e. The number of nitro groups is 1. The predicted octanol–water partition coefficient (Wildman–Crippen LogP) is 3.53. The number of thiazole rings is 1. The number of nitrogens with zero attached hydrogens (tertiary/aromatic N) is 5. The number of benzene rings is 1. The van der Waals surface area contributed by atoms with Crippen molar-refractivity contribution in [3.05, 3.63) is 50.6 Å². The van der Waals surface area contributed by atoms with Crippen LogP contribution in [0.4, 0.5) is 5.69 Å². The Hall–Kier alpha value is -2.52. The van der Waals surface area contributed by atoms with Crippen molar-refractivity contribution in [2.24, 2.45) is 5.92 Å². The third kappa shape index (κ3) is 3.28. The van der Waals surface area contributed by atoms with E-state index in [1.807, 2.05) is 0 Å². The van der Waals surface area contributed by atoms with Crippen molar-refractivity contribution in [1.29, 1.82) is 0 Å². The van der Waals surface area contributed by atoms with Gasteiger partial charge in [-0.25, -0.2) is 4.98 Å². The fraction of sp³-hybridized carbons (Fsp3) is 0.444. The fourth-order valence-electron chi connectivity index (χ4n) is 3.62. The average Bonchev–Trinajstić information content (AvgIpc) is 3.15. The normalized spacial score (nSPS) is 17.4. The molecule has 1 aliphatic heterocycles. The number of fused-ring (bicyclic) bond motifs is 1. The molecule has 27 heavy (non-hydrogen) atoms. The Labute approximate surface area is 160 Å². The van der Waals surface area contributed by atoms with Crippen molar-refractivity contribution in [2.45, 2.75) is 32.7 Å². The molecular formula is C18H21N5O3S. The van der Waals surface area contributed by atoms with Crippen molar-refractivity contribution >= 4 is 22.0 Å². The van der Waals surface area contributed by atoms with Crippen molar-refractivity contribution < 1.29 is 10.0 Å². The number of nitro benzene ring substituents is 1. The first-order valence-corrected chi connectivity index (χ1v) is 9.79. The summed E-state index contributed by atoms with van der Waals surface area (Å²) in [6, 6.07) is 6.43. The van der Waals surface area contributed by atoms with Gasteiger partial charge in [0.05, 0.1) is 15.8 Å². The second-order valence-electron chi connectivity index (χ2n) is 7.11. The lowest BCUT2D eigenvalue weighted by molar-refractivity contribution is -0.384. The van der Waals surface area contributed by atoms with E-state index in [9.17, 15) is 15.2 Å². The minimum absolute atomic E-state index is 0.0623. The Morgan fingerprint density at radius 2 is 1.96 bits per heavy atom. The zero-order chi connectivity index (χ0) is 19.1. The second kappa shape index (κ2) is 6.90. The summed E-state index contributed by atoms with van der Waals surface area (Å²) in [5.41, 5.74) is 0.985. The Morgan fingerprint density at radius 1 is 1.30 bits per heavy atom. The van der Waals surface area contributed by atoms with E-state index >= 15 is 0 Å². The van der Waals surface area contributed by atoms with Gasteiger partial charge in [-0.3, -0.25) is 15.0 Å². The maximum absolute atomic E-state index is 11.0. The van der Waals surface area contributed by atoms with Gasteiger partial charge in [0.2, 0.25) is 10.8 Å². The number of likely N-dealkylation sites (tertiary alicyclic amines) is 1. The van der Waals surface area contributed by atoms with Crippen LogP contribution in [-0.2, 0) is 0 Å². The van der Waals surface area contributed by atoms with Gasteiger partial charge in [-0.2, -0.15) is 4.52 Å². The van der Waals surface area contributed by atoms with Gasteiger partial charge in [0.15, 0.2) is 0 Å². The summed E-state index contributed by atoms with van der Waals surface area (Å²) in [5.74, 6) is 1.39. The number of aryl methyl sites for hydroxylation is 1. The summed E-state index contributed by atoms with van der Waals surface area (Å²) >= 11 is 1.42. The molecule has 0 radical (unpaired) electrons. The number of rotatable bonds is 4. The van der Waals surface area contributed by atoms with Crippen LogP contribution in [0.2, 0.25) is 0 Å². The van der Waals surface area contributed by atoms with E-state index < -0.39 is 4.92 Å².